The Morgan fingerprint density at radius 1 is 1.27 bits per heavy atom. The maximum absolute atomic E-state index is 12.1. The Morgan fingerprint density at radius 2 is 2.04 bits per heavy atom. The van der Waals surface area contributed by atoms with Crippen molar-refractivity contribution >= 4 is 17.7 Å². The van der Waals surface area contributed by atoms with Crippen molar-refractivity contribution in [1.82, 2.24) is 9.78 Å². The number of nitrogens with zero attached hydrogens (tertiary/aromatic N) is 2. The van der Waals surface area contributed by atoms with Gasteiger partial charge in [-0.3, -0.25) is 9.48 Å². The lowest BCUT2D eigenvalue weighted by Crippen LogP contribution is -2.19. The van der Waals surface area contributed by atoms with Crippen molar-refractivity contribution in [3.05, 3.63) is 42.2 Å². The lowest BCUT2D eigenvalue weighted by Gasteiger charge is -2.22. The highest BCUT2D eigenvalue weighted by atomic mass is 16.5. The number of carbonyl (C=O) groups excluding carboxylic acids is 1. The Labute approximate surface area is 152 Å². The van der Waals surface area contributed by atoms with Crippen LogP contribution in [0.25, 0.3) is 6.08 Å². The largest absolute Gasteiger partial charge is 0.493 e. The Kier molecular flexibility index (Phi) is 5.91. The van der Waals surface area contributed by atoms with E-state index in [2.05, 4.69) is 10.4 Å². The molecule has 1 aliphatic heterocycles. The van der Waals surface area contributed by atoms with Crippen LogP contribution in [0.3, 0.4) is 0 Å². The van der Waals surface area contributed by atoms with Gasteiger partial charge in [0.15, 0.2) is 11.5 Å². The maximum Gasteiger partial charge on any atom is 0.248 e. The van der Waals surface area contributed by atoms with Gasteiger partial charge in [0, 0.05) is 25.5 Å². The van der Waals surface area contributed by atoms with Crippen LogP contribution in [-0.2, 0) is 9.53 Å². The van der Waals surface area contributed by atoms with Crippen LogP contribution in [0.1, 0.15) is 24.4 Å². The van der Waals surface area contributed by atoms with Crippen molar-refractivity contribution in [3.63, 3.8) is 0 Å². The van der Waals surface area contributed by atoms with Gasteiger partial charge in [0.05, 0.1) is 32.1 Å². The fourth-order valence-corrected chi connectivity index (χ4v) is 2.86. The fourth-order valence-electron chi connectivity index (χ4n) is 2.86. The van der Waals surface area contributed by atoms with E-state index >= 15 is 0 Å². The number of anilines is 1. The first-order chi connectivity index (χ1) is 12.7. The highest BCUT2D eigenvalue weighted by molar-refractivity contribution is 6.01. The van der Waals surface area contributed by atoms with Crippen LogP contribution in [0.15, 0.2) is 36.7 Å². The number of aromatic nitrogens is 2. The van der Waals surface area contributed by atoms with Gasteiger partial charge in [0.2, 0.25) is 5.91 Å². The molecule has 0 aliphatic carbocycles. The summed E-state index contributed by atoms with van der Waals surface area (Å²) in [5.41, 5.74) is 1.52. The molecule has 138 valence electrons. The topological polar surface area (TPSA) is 74.6 Å². The molecule has 7 nitrogen and oxygen atoms in total. The van der Waals surface area contributed by atoms with Crippen molar-refractivity contribution < 1.29 is 19.0 Å². The number of rotatable bonds is 6. The van der Waals surface area contributed by atoms with Gasteiger partial charge < -0.3 is 19.5 Å². The fraction of sp³-hybridized carbons (Fsp3) is 0.368. The van der Waals surface area contributed by atoms with Gasteiger partial charge >= 0.3 is 0 Å². The number of ether oxygens (including phenoxy) is 3. The molecule has 1 aliphatic rings. The normalized spacial score (nSPS) is 15.2. The minimum Gasteiger partial charge on any atom is -0.493 e. The highest BCUT2D eigenvalue weighted by Gasteiger charge is 2.16. The number of nitrogens with one attached hydrogen (secondary N) is 1. The third-order valence-corrected chi connectivity index (χ3v) is 4.27. The van der Waals surface area contributed by atoms with Gasteiger partial charge in [0.25, 0.3) is 0 Å². The summed E-state index contributed by atoms with van der Waals surface area (Å²) in [5, 5.41) is 7.17. The van der Waals surface area contributed by atoms with E-state index in [1.54, 1.807) is 32.6 Å². The zero-order valence-electron chi connectivity index (χ0n) is 15.0. The minimum atomic E-state index is -0.216. The quantitative estimate of drug-likeness (QED) is 0.805. The molecule has 0 saturated carbocycles. The van der Waals surface area contributed by atoms with E-state index in [1.807, 2.05) is 23.0 Å². The first-order valence-corrected chi connectivity index (χ1v) is 8.52. The summed E-state index contributed by atoms with van der Waals surface area (Å²) in [6.45, 7) is 1.50. The molecule has 0 unspecified atom stereocenters. The summed E-state index contributed by atoms with van der Waals surface area (Å²) in [4.78, 5) is 12.1. The molecule has 1 aromatic carbocycles. The summed E-state index contributed by atoms with van der Waals surface area (Å²) in [6, 6.07) is 5.80. The second kappa shape index (κ2) is 8.53. The Bertz CT molecular complexity index is 779. The van der Waals surface area contributed by atoms with Crippen LogP contribution >= 0.6 is 0 Å². The summed E-state index contributed by atoms with van der Waals surface area (Å²) >= 11 is 0. The average Bonchev–Trinajstić information content (AvgIpc) is 3.15. The molecule has 1 saturated heterocycles. The summed E-state index contributed by atoms with van der Waals surface area (Å²) in [5.74, 6) is 1.05. The van der Waals surface area contributed by atoms with E-state index in [-0.39, 0.29) is 5.91 Å². The van der Waals surface area contributed by atoms with E-state index in [0.29, 0.717) is 23.2 Å². The molecule has 7 heteroatoms. The number of benzene rings is 1. The molecule has 2 aromatic rings. The lowest BCUT2D eigenvalue weighted by molar-refractivity contribution is -0.111. The molecule has 0 atom stereocenters. The minimum absolute atomic E-state index is 0.216. The van der Waals surface area contributed by atoms with Crippen LogP contribution in [0.5, 0.6) is 11.5 Å². The summed E-state index contributed by atoms with van der Waals surface area (Å²) in [7, 11) is 3.16. The van der Waals surface area contributed by atoms with Gasteiger partial charge in [-0.1, -0.05) is 6.07 Å². The molecule has 1 fully saturated rings. The SMILES string of the molecule is COc1ccc(/C=C/C(=O)Nc2cnn(C3CCOCC3)c2)cc1OC. The van der Waals surface area contributed by atoms with Crippen LogP contribution in [0.4, 0.5) is 5.69 Å². The smallest absolute Gasteiger partial charge is 0.248 e. The molecule has 1 N–H and O–H groups in total. The zero-order valence-corrected chi connectivity index (χ0v) is 15.0. The van der Waals surface area contributed by atoms with Crippen molar-refractivity contribution in [2.45, 2.75) is 18.9 Å². The molecule has 0 radical (unpaired) electrons. The molecule has 1 aromatic heterocycles. The predicted molar refractivity (Wildman–Crippen MR) is 98.5 cm³/mol. The zero-order chi connectivity index (χ0) is 18.4. The molecule has 1 amide bonds. The van der Waals surface area contributed by atoms with Gasteiger partial charge in [0.1, 0.15) is 0 Å². The number of hydrogen-bond donors (Lipinski definition) is 1. The standard InChI is InChI=1S/C19H23N3O4/c1-24-17-5-3-14(11-18(17)25-2)4-6-19(23)21-15-12-20-22(13-15)16-7-9-26-10-8-16/h3-6,11-13,16H,7-10H2,1-2H3,(H,21,23)/b6-4+. The van der Waals surface area contributed by atoms with Gasteiger partial charge in [-0.25, -0.2) is 0 Å². The lowest BCUT2D eigenvalue weighted by atomic mass is 10.1. The van der Waals surface area contributed by atoms with Crippen molar-refractivity contribution in [2.24, 2.45) is 0 Å². The second-order valence-corrected chi connectivity index (χ2v) is 5.99. The molecule has 0 spiro atoms. The molecule has 3 rings (SSSR count). The summed E-state index contributed by atoms with van der Waals surface area (Å²) in [6.07, 6.45) is 8.60. The summed E-state index contributed by atoms with van der Waals surface area (Å²) < 4.78 is 17.7. The Morgan fingerprint density at radius 3 is 2.77 bits per heavy atom. The number of amides is 1. The van der Waals surface area contributed by atoms with E-state index in [1.165, 1.54) is 6.08 Å². The first kappa shape index (κ1) is 18.0. The van der Waals surface area contributed by atoms with Crippen molar-refractivity contribution in [3.8, 4) is 11.5 Å². The monoisotopic (exact) mass is 357 g/mol. The Hall–Kier alpha value is -2.80. The van der Waals surface area contributed by atoms with Gasteiger partial charge in [-0.05, 0) is 36.6 Å². The van der Waals surface area contributed by atoms with Crippen LogP contribution in [0.2, 0.25) is 0 Å². The number of carbonyl (C=O) groups is 1. The van der Waals surface area contributed by atoms with Crippen LogP contribution < -0.4 is 14.8 Å². The molecular formula is C19H23N3O4. The van der Waals surface area contributed by atoms with Crippen molar-refractivity contribution in [2.75, 3.05) is 32.8 Å². The maximum atomic E-state index is 12.1. The van der Waals surface area contributed by atoms with Crippen molar-refractivity contribution in [1.29, 1.82) is 0 Å². The second-order valence-electron chi connectivity index (χ2n) is 5.99. The third kappa shape index (κ3) is 4.43. The van der Waals surface area contributed by atoms with E-state index in [0.717, 1.165) is 31.6 Å². The molecular weight excluding hydrogens is 334 g/mol. The first-order valence-electron chi connectivity index (χ1n) is 8.52. The van der Waals surface area contributed by atoms with E-state index in [4.69, 9.17) is 14.2 Å². The number of methoxy groups -OCH3 is 2. The predicted octanol–water partition coefficient (Wildman–Crippen LogP) is 2.90. The number of hydrogen-bond acceptors (Lipinski definition) is 5. The van der Waals surface area contributed by atoms with Gasteiger partial charge in [-0.15, -0.1) is 0 Å². The van der Waals surface area contributed by atoms with E-state index < -0.39 is 0 Å². The van der Waals surface area contributed by atoms with Gasteiger partial charge in [-0.2, -0.15) is 5.10 Å². The Balaban J connectivity index is 1.60. The molecule has 26 heavy (non-hydrogen) atoms. The third-order valence-electron chi connectivity index (χ3n) is 4.27. The van der Waals surface area contributed by atoms with Crippen LogP contribution in [-0.4, -0.2) is 43.1 Å². The highest BCUT2D eigenvalue weighted by Crippen LogP contribution is 2.28. The molecule has 2 heterocycles. The van der Waals surface area contributed by atoms with Crippen LogP contribution in [0, 0.1) is 0 Å². The molecule has 0 bridgehead atoms. The average molecular weight is 357 g/mol. The van der Waals surface area contributed by atoms with E-state index in [9.17, 15) is 4.79 Å².